The molecule has 6 heteroatoms. The Labute approximate surface area is 80.9 Å². The van der Waals surface area contributed by atoms with Crippen LogP contribution in [0.2, 0.25) is 0 Å². The van der Waals surface area contributed by atoms with E-state index in [9.17, 15) is 0 Å². The van der Waals surface area contributed by atoms with Gasteiger partial charge in [0.05, 0.1) is 12.0 Å². The minimum absolute atomic E-state index is 0.635. The number of anilines is 3. The van der Waals surface area contributed by atoms with E-state index in [1.54, 1.807) is 19.6 Å². The van der Waals surface area contributed by atoms with Gasteiger partial charge in [0.15, 0.2) is 0 Å². The number of aromatic amines is 1. The Balaban J connectivity index is 2.23. The largest absolute Gasteiger partial charge is 0.470 e. The second kappa shape index (κ2) is 3.41. The van der Waals surface area contributed by atoms with Crippen molar-refractivity contribution in [1.29, 1.82) is 0 Å². The molecule has 0 saturated heterocycles. The van der Waals surface area contributed by atoms with Gasteiger partial charge in [0.1, 0.15) is 6.26 Å². The van der Waals surface area contributed by atoms with Crippen molar-refractivity contribution in [2.75, 3.05) is 24.3 Å². The van der Waals surface area contributed by atoms with Crippen LogP contribution in [0, 0.1) is 0 Å². The molecule has 0 radical (unpaired) electrons. The molecule has 0 atom stereocenters. The van der Waals surface area contributed by atoms with E-state index >= 15 is 0 Å². The van der Waals surface area contributed by atoms with Crippen LogP contribution in [0.4, 0.5) is 17.6 Å². The quantitative estimate of drug-likeness (QED) is 0.766. The molecule has 0 aromatic carbocycles. The molecule has 2 aromatic rings. The van der Waals surface area contributed by atoms with Gasteiger partial charge in [-0.05, 0) is 0 Å². The molecule has 2 N–H and O–H groups in total. The fourth-order valence-electron chi connectivity index (χ4n) is 1.09. The fraction of sp³-hybridized carbons (Fsp3) is 0.250. The highest BCUT2D eigenvalue weighted by Crippen LogP contribution is 2.20. The van der Waals surface area contributed by atoms with Gasteiger partial charge in [-0.25, -0.2) is 0 Å². The Morgan fingerprint density at radius 2 is 2.36 bits per heavy atom. The first-order valence-electron chi connectivity index (χ1n) is 4.17. The molecule has 14 heavy (non-hydrogen) atoms. The number of nitrogens with zero attached hydrogens (tertiary/aromatic N) is 3. The minimum Gasteiger partial charge on any atom is -0.470 e. The van der Waals surface area contributed by atoms with Crippen molar-refractivity contribution < 1.29 is 4.42 Å². The third-order valence-electron chi connectivity index (χ3n) is 1.92. The van der Waals surface area contributed by atoms with E-state index in [1.807, 2.05) is 18.0 Å². The van der Waals surface area contributed by atoms with Gasteiger partial charge in [0.2, 0.25) is 11.9 Å². The SMILES string of the molecule is CNc1nnc(N(C)c2ccoc2)[nH]1. The average molecular weight is 193 g/mol. The highest BCUT2D eigenvalue weighted by Gasteiger charge is 2.09. The van der Waals surface area contributed by atoms with Gasteiger partial charge in [0, 0.05) is 20.2 Å². The lowest BCUT2D eigenvalue weighted by molar-refractivity contribution is 0.567. The van der Waals surface area contributed by atoms with Crippen molar-refractivity contribution in [2.45, 2.75) is 0 Å². The average Bonchev–Trinajstić information content (AvgIpc) is 2.88. The van der Waals surface area contributed by atoms with Gasteiger partial charge in [-0.15, -0.1) is 10.2 Å². The van der Waals surface area contributed by atoms with Crippen LogP contribution in [0.1, 0.15) is 0 Å². The van der Waals surface area contributed by atoms with Crippen molar-refractivity contribution in [2.24, 2.45) is 0 Å². The van der Waals surface area contributed by atoms with Crippen LogP contribution < -0.4 is 10.2 Å². The fourth-order valence-corrected chi connectivity index (χ4v) is 1.09. The lowest BCUT2D eigenvalue weighted by Crippen LogP contribution is -2.10. The second-order valence-corrected chi connectivity index (χ2v) is 2.79. The summed E-state index contributed by atoms with van der Waals surface area (Å²) >= 11 is 0. The monoisotopic (exact) mass is 193 g/mol. The molecule has 0 amide bonds. The molecule has 2 aromatic heterocycles. The number of furan rings is 1. The first-order valence-corrected chi connectivity index (χ1v) is 4.17. The van der Waals surface area contributed by atoms with Gasteiger partial charge >= 0.3 is 0 Å². The summed E-state index contributed by atoms with van der Waals surface area (Å²) in [5.74, 6) is 1.30. The summed E-state index contributed by atoms with van der Waals surface area (Å²) in [6, 6.07) is 1.85. The van der Waals surface area contributed by atoms with Crippen LogP contribution in [-0.2, 0) is 0 Å². The molecule has 0 aliphatic heterocycles. The van der Waals surface area contributed by atoms with Crippen molar-refractivity contribution in [1.82, 2.24) is 15.2 Å². The molecule has 2 rings (SSSR count). The summed E-state index contributed by atoms with van der Waals surface area (Å²) in [5, 5.41) is 10.7. The van der Waals surface area contributed by atoms with E-state index in [4.69, 9.17) is 4.42 Å². The van der Waals surface area contributed by atoms with Crippen molar-refractivity contribution in [3.63, 3.8) is 0 Å². The van der Waals surface area contributed by atoms with Crippen molar-refractivity contribution in [3.8, 4) is 0 Å². The molecule has 2 heterocycles. The standard InChI is InChI=1S/C8H11N5O/c1-9-7-10-8(12-11-7)13(2)6-3-4-14-5-6/h3-5H,1-2H3,(H2,9,10,11,12). The number of hydrogen-bond acceptors (Lipinski definition) is 5. The molecule has 6 nitrogen and oxygen atoms in total. The van der Waals surface area contributed by atoms with E-state index in [0.717, 1.165) is 5.69 Å². The zero-order chi connectivity index (χ0) is 9.97. The molecule has 0 aliphatic rings. The van der Waals surface area contributed by atoms with Crippen LogP contribution in [0.5, 0.6) is 0 Å². The van der Waals surface area contributed by atoms with E-state index in [1.165, 1.54) is 0 Å². The third-order valence-corrected chi connectivity index (χ3v) is 1.92. The molecule has 74 valence electrons. The van der Waals surface area contributed by atoms with Crippen LogP contribution in [0.15, 0.2) is 23.0 Å². The third kappa shape index (κ3) is 1.41. The predicted octanol–water partition coefficient (Wildman–Crippen LogP) is 1.21. The number of H-pyrrole nitrogens is 1. The highest BCUT2D eigenvalue weighted by atomic mass is 16.3. The van der Waals surface area contributed by atoms with E-state index < -0.39 is 0 Å². The maximum Gasteiger partial charge on any atom is 0.230 e. The van der Waals surface area contributed by atoms with Crippen LogP contribution >= 0.6 is 0 Å². The maximum absolute atomic E-state index is 4.97. The Bertz CT molecular complexity index is 394. The van der Waals surface area contributed by atoms with Crippen molar-refractivity contribution in [3.05, 3.63) is 18.6 Å². The Hall–Kier alpha value is -1.98. The minimum atomic E-state index is 0.635. The molecular weight excluding hydrogens is 182 g/mol. The van der Waals surface area contributed by atoms with Gasteiger partial charge in [-0.2, -0.15) is 0 Å². The highest BCUT2D eigenvalue weighted by molar-refractivity contribution is 5.54. The van der Waals surface area contributed by atoms with Gasteiger partial charge in [0.25, 0.3) is 0 Å². The Morgan fingerprint density at radius 3 is 2.93 bits per heavy atom. The molecule has 0 fully saturated rings. The molecule has 0 bridgehead atoms. The summed E-state index contributed by atoms with van der Waals surface area (Å²) < 4.78 is 4.97. The smallest absolute Gasteiger partial charge is 0.230 e. The number of nitrogens with one attached hydrogen (secondary N) is 2. The van der Waals surface area contributed by atoms with Gasteiger partial charge < -0.3 is 14.6 Å². The van der Waals surface area contributed by atoms with E-state index in [2.05, 4.69) is 20.5 Å². The lowest BCUT2D eigenvalue weighted by Gasteiger charge is -2.11. The summed E-state index contributed by atoms with van der Waals surface area (Å²) in [7, 11) is 3.66. The lowest BCUT2D eigenvalue weighted by atomic mass is 10.5. The Morgan fingerprint density at radius 1 is 1.50 bits per heavy atom. The second-order valence-electron chi connectivity index (χ2n) is 2.79. The number of rotatable bonds is 3. The molecule has 0 aliphatic carbocycles. The zero-order valence-electron chi connectivity index (χ0n) is 7.98. The molecule has 0 saturated carbocycles. The van der Waals surface area contributed by atoms with Crippen molar-refractivity contribution >= 4 is 17.6 Å². The first-order chi connectivity index (χ1) is 6.81. The van der Waals surface area contributed by atoms with E-state index in [-0.39, 0.29) is 0 Å². The number of aromatic nitrogens is 3. The molecular formula is C8H11N5O. The first kappa shape index (κ1) is 8.61. The topological polar surface area (TPSA) is 70.0 Å². The predicted molar refractivity (Wildman–Crippen MR) is 52.7 cm³/mol. The van der Waals surface area contributed by atoms with Gasteiger partial charge in [-0.1, -0.05) is 0 Å². The summed E-state index contributed by atoms with van der Waals surface area (Å²) in [5.41, 5.74) is 0.920. The summed E-state index contributed by atoms with van der Waals surface area (Å²) in [4.78, 5) is 4.85. The number of hydrogen-bond donors (Lipinski definition) is 2. The molecule has 0 unspecified atom stereocenters. The van der Waals surface area contributed by atoms with Crippen LogP contribution in [-0.4, -0.2) is 29.3 Å². The van der Waals surface area contributed by atoms with Gasteiger partial charge in [-0.3, -0.25) is 4.98 Å². The van der Waals surface area contributed by atoms with Crippen LogP contribution in [0.25, 0.3) is 0 Å². The molecule has 0 spiro atoms. The normalized spacial score (nSPS) is 10.1. The zero-order valence-corrected chi connectivity index (χ0v) is 7.98. The van der Waals surface area contributed by atoms with Crippen LogP contribution in [0.3, 0.4) is 0 Å². The maximum atomic E-state index is 4.97. The summed E-state index contributed by atoms with van der Waals surface area (Å²) in [6.45, 7) is 0. The van der Waals surface area contributed by atoms with E-state index in [0.29, 0.717) is 11.9 Å². The Kier molecular flexibility index (Phi) is 2.10. The summed E-state index contributed by atoms with van der Waals surface area (Å²) in [6.07, 6.45) is 3.25.